The van der Waals surface area contributed by atoms with E-state index in [-0.39, 0.29) is 16.4 Å². The van der Waals surface area contributed by atoms with Crippen LogP contribution in [-0.4, -0.2) is 21.8 Å². The predicted molar refractivity (Wildman–Crippen MR) is 57.6 cm³/mol. The van der Waals surface area contributed by atoms with E-state index in [4.69, 9.17) is 5.11 Å². The van der Waals surface area contributed by atoms with Crippen LogP contribution in [-0.2, 0) is 6.42 Å². The molecule has 0 aromatic carbocycles. The fourth-order valence-corrected chi connectivity index (χ4v) is 2.35. The molecular formula is C10H13NO3S. The molecular weight excluding hydrogens is 214 g/mol. The Balaban J connectivity index is 3.09. The van der Waals surface area contributed by atoms with Gasteiger partial charge in [-0.25, -0.2) is 9.78 Å². The first-order valence-electron chi connectivity index (χ1n) is 4.65. The second kappa shape index (κ2) is 4.53. The number of aromatic carboxylic acids is 1. The Bertz CT molecular complexity index is 364. The number of carbonyl (C=O) groups is 2. The van der Waals surface area contributed by atoms with Gasteiger partial charge in [0.25, 0.3) is 0 Å². The zero-order chi connectivity index (χ0) is 11.6. The Labute approximate surface area is 92.0 Å². The summed E-state index contributed by atoms with van der Waals surface area (Å²) < 4.78 is 0. The number of rotatable bonds is 4. The summed E-state index contributed by atoms with van der Waals surface area (Å²) in [6.45, 7) is 5.41. The van der Waals surface area contributed by atoms with Gasteiger partial charge in [0.1, 0.15) is 4.88 Å². The summed E-state index contributed by atoms with van der Waals surface area (Å²) in [5.74, 6) is -0.969. The Morgan fingerprint density at radius 1 is 1.47 bits per heavy atom. The number of hydrogen-bond donors (Lipinski definition) is 1. The number of ketones is 1. The van der Waals surface area contributed by atoms with Crippen LogP contribution in [0.15, 0.2) is 0 Å². The van der Waals surface area contributed by atoms with Gasteiger partial charge in [-0.1, -0.05) is 13.8 Å². The number of hydrogen-bond acceptors (Lipinski definition) is 4. The van der Waals surface area contributed by atoms with Crippen LogP contribution in [0.4, 0.5) is 0 Å². The first-order chi connectivity index (χ1) is 6.91. The van der Waals surface area contributed by atoms with E-state index in [9.17, 15) is 9.59 Å². The molecule has 0 saturated carbocycles. The Hall–Kier alpha value is -1.23. The summed E-state index contributed by atoms with van der Waals surface area (Å²) in [6, 6.07) is 0. The van der Waals surface area contributed by atoms with Gasteiger partial charge in [-0.15, -0.1) is 11.3 Å². The van der Waals surface area contributed by atoms with E-state index in [1.807, 2.05) is 13.8 Å². The maximum Gasteiger partial charge on any atom is 0.356 e. The summed E-state index contributed by atoms with van der Waals surface area (Å²) in [5.41, 5.74) is -0.108. The average Bonchev–Trinajstić information content (AvgIpc) is 2.46. The van der Waals surface area contributed by atoms with Gasteiger partial charge >= 0.3 is 5.97 Å². The van der Waals surface area contributed by atoms with Gasteiger partial charge in [0, 0.05) is 13.3 Å². The van der Waals surface area contributed by atoms with E-state index in [1.165, 1.54) is 18.3 Å². The first-order valence-corrected chi connectivity index (χ1v) is 5.47. The van der Waals surface area contributed by atoms with Gasteiger partial charge in [0.05, 0.1) is 5.01 Å². The smallest absolute Gasteiger partial charge is 0.356 e. The van der Waals surface area contributed by atoms with Crippen LogP contribution in [0.2, 0.25) is 0 Å². The fourth-order valence-electron chi connectivity index (χ4n) is 1.18. The van der Waals surface area contributed by atoms with Crippen molar-refractivity contribution >= 4 is 23.1 Å². The van der Waals surface area contributed by atoms with Crippen LogP contribution < -0.4 is 0 Å². The predicted octanol–water partition coefficient (Wildman–Crippen LogP) is 2.24. The molecule has 0 atom stereocenters. The standard InChI is InChI=1S/C10H13NO3S/c1-5(2)4-7-11-8(10(13)14)9(15-7)6(3)12/h5H,4H2,1-3H3,(H,13,14). The Morgan fingerprint density at radius 3 is 2.40 bits per heavy atom. The molecule has 1 N–H and O–H groups in total. The molecule has 0 spiro atoms. The third-order valence-electron chi connectivity index (χ3n) is 1.78. The summed E-state index contributed by atoms with van der Waals surface area (Å²) in [5, 5.41) is 9.57. The van der Waals surface area contributed by atoms with Crippen molar-refractivity contribution in [2.24, 2.45) is 5.92 Å². The lowest BCUT2D eigenvalue weighted by Gasteiger charge is -1.97. The molecule has 1 aromatic rings. The highest BCUT2D eigenvalue weighted by atomic mass is 32.1. The van der Waals surface area contributed by atoms with Crippen molar-refractivity contribution < 1.29 is 14.7 Å². The minimum Gasteiger partial charge on any atom is -0.476 e. The fraction of sp³-hybridized carbons (Fsp3) is 0.500. The number of carbonyl (C=O) groups excluding carboxylic acids is 1. The molecule has 1 rings (SSSR count). The zero-order valence-corrected chi connectivity index (χ0v) is 9.72. The van der Waals surface area contributed by atoms with Crippen molar-refractivity contribution in [2.45, 2.75) is 27.2 Å². The van der Waals surface area contributed by atoms with Crippen LogP contribution >= 0.6 is 11.3 Å². The lowest BCUT2D eigenvalue weighted by Crippen LogP contribution is -2.04. The highest BCUT2D eigenvalue weighted by molar-refractivity contribution is 7.14. The number of thiazole rings is 1. The van der Waals surface area contributed by atoms with E-state index in [0.29, 0.717) is 17.3 Å². The molecule has 4 nitrogen and oxygen atoms in total. The number of nitrogens with zero attached hydrogens (tertiary/aromatic N) is 1. The van der Waals surface area contributed by atoms with Crippen molar-refractivity contribution in [3.8, 4) is 0 Å². The second-order valence-corrected chi connectivity index (χ2v) is 4.83. The molecule has 15 heavy (non-hydrogen) atoms. The topological polar surface area (TPSA) is 67.3 Å². The first kappa shape index (κ1) is 11.8. The monoisotopic (exact) mass is 227 g/mol. The van der Waals surface area contributed by atoms with Crippen molar-refractivity contribution in [1.82, 2.24) is 4.98 Å². The van der Waals surface area contributed by atoms with E-state index in [1.54, 1.807) is 0 Å². The molecule has 82 valence electrons. The van der Waals surface area contributed by atoms with Crippen molar-refractivity contribution in [2.75, 3.05) is 0 Å². The summed E-state index contributed by atoms with van der Waals surface area (Å²) >= 11 is 1.18. The third kappa shape index (κ3) is 2.86. The van der Waals surface area contributed by atoms with E-state index >= 15 is 0 Å². The number of carboxylic acid groups (broad SMARTS) is 1. The summed E-state index contributed by atoms with van der Waals surface area (Å²) in [7, 11) is 0. The largest absolute Gasteiger partial charge is 0.476 e. The molecule has 0 aliphatic carbocycles. The minimum atomic E-state index is -1.13. The second-order valence-electron chi connectivity index (χ2n) is 3.74. The van der Waals surface area contributed by atoms with E-state index in [2.05, 4.69) is 4.98 Å². The molecule has 1 heterocycles. The molecule has 5 heteroatoms. The Morgan fingerprint density at radius 2 is 2.07 bits per heavy atom. The van der Waals surface area contributed by atoms with Crippen LogP contribution in [0.1, 0.15) is 45.9 Å². The quantitative estimate of drug-likeness (QED) is 0.801. The highest BCUT2D eigenvalue weighted by Gasteiger charge is 2.20. The zero-order valence-electron chi connectivity index (χ0n) is 8.90. The van der Waals surface area contributed by atoms with Gasteiger partial charge in [0.2, 0.25) is 0 Å². The van der Waals surface area contributed by atoms with Gasteiger partial charge in [-0.3, -0.25) is 4.79 Å². The van der Waals surface area contributed by atoms with Crippen molar-refractivity contribution in [3.05, 3.63) is 15.6 Å². The van der Waals surface area contributed by atoms with E-state index in [0.717, 1.165) is 0 Å². The van der Waals surface area contributed by atoms with Gasteiger partial charge in [-0.2, -0.15) is 0 Å². The van der Waals surface area contributed by atoms with Gasteiger partial charge in [-0.05, 0) is 5.92 Å². The molecule has 0 aliphatic rings. The molecule has 1 aromatic heterocycles. The molecule has 0 amide bonds. The van der Waals surface area contributed by atoms with Crippen molar-refractivity contribution in [3.63, 3.8) is 0 Å². The molecule has 0 radical (unpaired) electrons. The van der Waals surface area contributed by atoms with Crippen LogP contribution in [0.5, 0.6) is 0 Å². The number of carboxylic acids is 1. The lowest BCUT2D eigenvalue weighted by atomic mass is 10.1. The highest BCUT2D eigenvalue weighted by Crippen LogP contribution is 2.21. The lowest BCUT2D eigenvalue weighted by molar-refractivity contribution is 0.0686. The van der Waals surface area contributed by atoms with Crippen LogP contribution in [0.3, 0.4) is 0 Å². The maximum absolute atomic E-state index is 11.2. The summed E-state index contributed by atoms with van der Waals surface area (Å²) in [4.78, 5) is 26.2. The third-order valence-corrected chi connectivity index (χ3v) is 2.96. The maximum atomic E-state index is 11.2. The van der Waals surface area contributed by atoms with Crippen LogP contribution in [0.25, 0.3) is 0 Å². The van der Waals surface area contributed by atoms with E-state index < -0.39 is 5.97 Å². The van der Waals surface area contributed by atoms with Crippen LogP contribution in [0, 0.1) is 5.92 Å². The molecule has 0 aliphatic heterocycles. The molecule has 0 saturated heterocycles. The number of aromatic nitrogens is 1. The summed E-state index contributed by atoms with van der Waals surface area (Å²) in [6.07, 6.45) is 0.707. The SMILES string of the molecule is CC(=O)c1sc(CC(C)C)nc1C(=O)O. The average molecular weight is 227 g/mol. The minimum absolute atomic E-state index is 0.108. The number of Topliss-reactive ketones (excluding diaryl/α,β-unsaturated/α-hetero) is 1. The normalized spacial score (nSPS) is 10.7. The molecule has 0 bridgehead atoms. The van der Waals surface area contributed by atoms with Gasteiger partial charge < -0.3 is 5.11 Å². The van der Waals surface area contributed by atoms with Crippen molar-refractivity contribution in [1.29, 1.82) is 0 Å². The Kier molecular flexibility index (Phi) is 3.57. The van der Waals surface area contributed by atoms with Gasteiger partial charge in [0.15, 0.2) is 11.5 Å². The molecule has 0 unspecified atom stereocenters. The molecule has 0 fully saturated rings.